The molecule has 1 aliphatic rings. The van der Waals surface area contributed by atoms with Crippen molar-refractivity contribution >= 4 is 11.5 Å². The maximum absolute atomic E-state index is 10.8. The largest absolute Gasteiger partial charge is 0.378 e. The molecule has 100 valence electrons. The number of nitro groups is 1. The predicted molar refractivity (Wildman–Crippen MR) is 69.1 cm³/mol. The number of hydrogen-bond acceptors (Lipinski definition) is 4. The van der Waals surface area contributed by atoms with Gasteiger partial charge in [-0.1, -0.05) is 26.7 Å². The van der Waals surface area contributed by atoms with Crippen LogP contribution >= 0.6 is 0 Å². The van der Waals surface area contributed by atoms with Gasteiger partial charge in [0.25, 0.3) is 0 Å². The highest BCUT2D eigenvalue weighted by Crippen LogP contribution is 2.40. The van der Waals surface area contributed by atoms with Gasteiger partial charge in [0, 0.05) is 0 Å². The second-order valence-corrected chi connectivity index (χ2v) is 5.38. The van der Waals surface area contributed by atoms with Crippen LogP contribution in [0.25, 0.3) is 0 Å². The van der Waals surface area contributed by atoms with Crippen LogP contribution in [0.4, 0.5) is 11.5 Å². The minimum absolute atomic E-state index is 0.0805. The first kappa shape index (κ1) is 12.9. The lowest BCUT2D eigenvalue weighted by Crippen LogP contribution is -2.28. The lowest BCUT2D eigenvalue weighted by molar-refractivity contribution is -0.384. The van der Waals surface area contributed by atoms with Gasteiger partial charge in [0.2, 0.25) is 5.82 Å². The first-order chi connectivity index (χ1) is 8.52. The molecule has 1 aromatic heterocycles. The van der Waals surface area contributed by atoms with E-state index in [4.69, 9.17) is 5.73 Å². The summed E-state index contributed by atoms with van der Waals surface area (Å²) in [6.07, 6.45) is 5.78. The van der Waals surface area contributed by atoms with Crippen LogP contribution in [0, 0.1) is 22.0 Å². The first-order valence-electron chi connectivity index (χ1n) is 6.49. The van der Waals surface area contributed by atoms with Gasteiger partial charge >= 0.3 is 5.69 Å². The summed E-state index contributed by atoms with van der Waals surface area (Å²) in [5.41, 5.74) is 5.78. The van der Waals surface area contributed by atoms with Crippen molar-refractivity contribution in [1.29, 1.82) is 0 Å². The van der Waals surface area contributed by atoms with Crippen LogP contribution in [0.15, 0.2) is 6.20 Å². The highest BCUT2D eigenvalue weighted by Gasteiger charge is 2.32. The van der Waals surface area contributed by atoms with E-state index in [1.54, 1.807) is 4.68 Å². The van der Waals surface area contributed by atoms with Gasteiger partial charge in [0.05, 0.1) is 11.0 Å². The van der Waals surface area contributed by atoms with Gasteiger partial charge in [-0.15, -0.1) is 0 Å². The molecule has 1 aromatic rings. The van der Waals surface area contributed by atoms with Crippen molar-refractivity contribution in [3.8, 4) is 0 Å². The molecule has 1 saturated carbocycles. The third kappa shape index (κ3) is 2.19. The van der Waals surface area contributed by atoms with Crippen LogP contribution in [0.5, 0.6) is 0 Å². The van der Waals surface area contributed by atoms with Crippen LogP contribution in [-0.4, -0.2) is 14.7 Å². The molecule has 0 amide bonds. The Bertz CT molecular complexity index is 441. The maximum atomic E-state index is 10.8. The lowest BCUT2D eigenvalue weighted by atomic mass is 9.78. The minimum atomic E-state index is -0.466. The lowest BCUT2D eigenvalue weighted by Gasteiger charge is -2.34. The highest BCUT2D eigenvalue weighted by molar-refractivity contribution is 5.51. The summed E-state index contributed by atoms with van der Waals surface area (Å²) in [7, 11) is 0. The summed E-state index contributed by atoms with van der Waals surface area (Å²) < 4.78 is 1.67. The summed E-state index contributed by atoms with van der Waals surface area (Å²) in [6, 6.07) is 0.201. The number of nitrogen functional groups attached to an aromatic ring is 1. The van der Waals surface area contributed by atoms with Crippen molar-refractivity contribution in [2.45, 2.75) is 45.6 Å². The summed E-state index contributed by atoms with van der Waals surface area (Å²) in [5, 5.41) is 14.9. The second kappa shape index (κ2) is 4.96. The molecule has 2 rings (SSSR count). The number of aromatic nitrogens is 2. The Hall–Kier alpha value is -1.59. The molecule has 1 fully saturated rings. The Morgan fingerprint density at radius 3 is 2.72 bits per heavy atom. The van der Waals surface area contributed by atoms with Gasteiger partial charge in [-0.25, -0.2) is 4.68 Å². The van der Waals surface area contributed by atoms with Gasteiger partial charge in [-0.2, -0.15) is 5.10 Å². The quantitative estimate of drug-likeness (QED) is 0.661. The zero-order valence-corrected chi connectivity index (χ0v) is 10.9. The number of nitrogens with two attached hydrogens (primary N) is 1. The van der Waals surface area contributed by atoms with Crippen LogP contribution in [0.2, 0.25) is 0 Å². The number of nitrogens with zero attached hydrogens (tertiary/aromatic N) is 3. The Morgan fingerprint density at radius 1 is 1.50 bits per heavy atom. The van der Waals surface area contributed by atoms with Crippen molar-refractivity contribution in [3.05, 3.63) is 16.3 Å². The van der Waals surface area contributed by atoms with E-state index >= 15 is 0 Å². The highest BCUT2D eigenvalue weighted by atomic mass is 16.6. The smallest absolute Gasteiger partial charge is 0.330 e. The van der Waals surface area contributed by atoms with Crippen LogP contribution in [0.3, 0.4) is 0 Å². The van der Waals surface area contributed by atoms with Gasteiger partial charge in [0.1, 0.15) is 6.20 Å². The van der Waals surface area contributed by atoms with E-state index in [2.05, 4.69) is 18.9 Å². The summed E-state index contributed by atoms with van der Waals surface area (Å²) in [4.78, 5) is 10.3. The number of hydrogen-bond donors (Lipinski definition) is 1. The number of rotatable bonds is 3. The minimum Gasteiger partial charge on any atom is -0.378 e. The summed E-state index contributed by atoms with van der Waals surface area (Å²) in [5.74, 6) is 1.23. The van der Waals surface area contributed by atoms with Gasteiger partial charge < -0.3 is 5.73 Å². The van der Waals surface area contributed by atoms with E-state index in [1.807, 2.05) is 0 Å². The van der Waals surface area contributed by atoms with Crippen molar-refractivity contribution in [2.75, 3.05) is 5.73 Å². The fourth-order valence-corrected chi connectivity index (χ4v) is 2.99. The van der Waals surface area contributed by atoms with Crippen molar-refractivity contribution in [3.63, 3.8) is 0 Å². The van der Waals surface area contributed by atoms with Crippen LogP contribution in [-0.2, 0) is 0 Å². The number of anilines is 1. The molecule has 1 heterocycles. The summed E-state index contributed by atoms with van der Waals surface area (Å²) >= 11 is 0. The molecule has 0 aliphatic heterocycles. The molecule has 0 radical (unpaired) electrons. The fourth-order valence-electron chi connectivity index (χ4n) is 2.99. The molecule has 1 aliphatic carbocycles. The standard InChI is InChI=1S/C12H20N4O2/c1-8(2)9-5-3-4-6-10(9)15-12(13)11(7-14-15)16(17)18/h7-10H,3-6,13H2,1-2H3. The van der Waals surface area contributed by atoms with Gasteiger partial charge in [0.15, 0.2) is 0 Å². The van der Waals surface area contributed by atoms with E-state index in [0.29, 0.717) is 11.8 Å². The molecule has 6 nitrogen and oxygen atoms in total. The molecule has 0 bridgehead atoms. The fraction of sp³-hybridized carbons (Fsp3) is 0.750. The van der Waals surface area contributed by atoms with E-state index in [0.717, 1.165) is 19.3 Å². The van der Waals surface area contributed by atoms with E-state index in [1.165, 1.54) is 12.6 Å². The third-order valence-corrected chi connectivity index (χ3v) is 3.96. The molecule has 0 aromatic carbocycles. The Labute approximate surface area is 106 Å². The average Bonchev–Trinajstić information content (AvgIpc) is 2.71. The van der Waals surface area contributed by atoms with Crippen LogP contribution < -0.4 is 5.73 Å². The van der Waals surface area contributed by atoms with Crippen molar-refractivity contribution in [1.82, 2.24) is 9.78 Å². The monoisotopic (exact) mass is 252 g/mol. The van der Waals surface area contributed by atoms with E-state index in [9.17, 15) is 10.1 Å². The Kier molecular flexibility index (Phi) is 3.54. The van der Waals surface area contributed by atoms with Gasteiger partial charge in [-0.3, -0.25) is 10.1 Å². The van der Waals surface area contributed by atoms with E-state index in [-0.39, 0.29) is 17.5 Å². The van der Waals surface area contributed by atoms with E-state index < -0.39 is 4.92 Å². The molecule has 2 N–H and O–H groups in total. The van der Waals surface area contributed by atoms with Crippen molar-refractivity contribution < 1.29 is 4.92 Å². The maximum Gasteiger partial charge on any atom is 0.330 e. The molecule has 0 spiro atoms. The molecular weight excluding hydrogens is 232 g/mol. The molecule has 18 heavy (non-hydrogen) atoms. The molecule has 2 unspecified atom stereocenters. The first-order valence-corrected chi connectivity index (χ1v) is 6.49. The predicted octanol–water partition coefficient (Wildman–Crippen LogP) is 2.76. The third-order valence-electron chi connectivity index (χ3n) is 3.96. The Morgan fingerprint density at radius 2 is 2.17 bits per heavy atom. The molecule has 0 saturated heterocycles. The van der Waals surface area contributed by atoms with Gasteiger partial charge in [-0.05, 0) is 24.7 Å². The normalized spacial score (nSPS) is 24.4. The van der Waals surface area contributed by atoms with Crippen molar-refractivity contribution in [2.24, 2.45) is 11.8 Å². The molecule has 6 heteroatoms. The molecule has 2 atom stereocenters. The second-order valence-electron chi connectivity index (χ2n) is 5.38. The zero-order chi connectivity index (χ0) is 13.3. The SMILES string of the molecule is CC(C)C1CCCCC1n1ncc([N+](=O)[O-])c1N. The zero-order valence-electron chi connectivity index (χ0n) is 10.9. The van der Waals surface area contributed by atoms with Crippen LogP contribution in [0.1, 0.15) is 45.6 Å². The summed E-state index contributed by atoms with van der Waals surface area (Å²) in [6.45, 7) is 4.38. The average molecular weight is 252 g/mol. The Balaban J connectivity index is 2.31. The molecular formula is C12H20N4O2. The topological polar surface area (TPSA) is 87.0 Å².